The van der Waals surface area contributed by atoms with Gasteiger partial charge in [0.15, 0.2) is 5.96 Å². The van der Waals surface area contributed by atoms with Crippen LogP contribution in [0.5, 0.6) is 0 Å². The number of guanidine groups is 1. The Morgan fingerprint density at radius 1 is 1.08 bits per heavy atom. The van der Waals surface area contributed by atoms with Gasteiger partial charge in [0.25, 0.3) is 0 Å². The normalized spacial score (nSPS) is 18.3. The number of nitrogens with zero attached hydrogens (tertiary/aromatic N) is 2. The monoisotopic (exact) mass is 348 g/mol. The molecule has 1 aliphatic carbocycles. The van der Waals surface area contributed by atoms with Crippen molar-refractivity contribution < 1.29 is 0 Å². The van der Waals surface area contributed by atoms with Gasteiger partial charge in [-0.2, -0.15) is 0 Å². The third kappa shape index (κ3) is 3.75. The molecule has 1 unspecified atom stereocenters. The Hall–Kier alpha value is -2.33. The number of benzene rings is 2. The van der Waals surface area contributed by atoms with Gasteiger partial charge in [-0.25, -0.2) is 0 Å². The fourth-order valence-corrected chi connectivity index (χ4v) is 4.08. The van der Waals surface area contributed by atoms with Crippen molar-refractivity contribution in [1.82, 2.24) is 4.90 Å². The van der Waals surface area contributed by atoms with E-state index in [0.29, 0.717) is 18.5 Å². The summed E-state index contributed by atoms with van der Waals surface area (Å²) in [6.07, 6.45) is 4.76. The molecule has 0 spiro atoms. The molecule has 4 heteroatoms. The number of nitrogens with two attached hydrogens (primary N) is 1. The number of aliphatic imine (C=N–C) groups is 1. The quantitative estimate of drug-likeness (QED) is 0.658. The Morgan fingerprint density at radius 2 is 1.85 bits per heavy atom. The van der Waals surface area contributed by atoms with Crippen LogP contribution < -0.4 is 11.1 Å². The molecule has 3 N–H and O–H groups in total. The summed E-state index contributed by atoms with van der Waals surface area (Å²) in [5.74, 6) is 0.507. The minimum Gasteiger partial charge on any atom is -0.370 e. The SMILES string of the molecule is CC(CN=C(N)Nc1ccc2c(c1)CCC2)N1CCc2ccccc2C1. The van der Waals surface area contributed by atoms with Gasteiger partial charge in [0.05, 0.1) is 6.54 Å². The van der Waals surface area contributed by atoms with Crippen molar-refractivity contribution in [2.75, 3.05) is 18.4 Å². The second-order valence-electron chi connectivity index (χ2n) is 7.53. The van der Waals surface area contributed by atoms with Crippen LogP contribution in [0.25, 0.3) is 0 Å². The molecule has 0 radical (unpaired) electrons. The summed E-state index contributed by atoms with van der Waals surface area (Å²) in [4.78, 5) is 7.08. The Kier molecular flexibility index (Phi) is 4.93. The molecular weight excluding hydrogens is 320 g/mol. The molecule has 0 aromatic heterocycles. The lowest BCUT2D eigenvalue weighted by molar-refractivity contribution is 0.195. The molecule has 1 atom stereocenters. The van der Waals surface area contributed by atoms with Crippen LogP contribution in [0, 0.1) is 0 Å². The fourth-order valence-electron chi connectivity index (χ4n) is 4.08. The molecule has 0 fully saturated rings. The summed E-state index contributed by atoms with van der Waals surface area (Å²) in [6, 6.07) is 15.7. The largest absolute Gasteiger partial charge is 0.370 e. The predicted molar refractivity (Wildman–Crippen MR) is 109 cm³/mol. The third-order valence-corrected chi connectivity index (χ3v) is 5.68. The van der Waals surface area contributed by atoms with E-state index in [9.17, 15) is 0 Å². The molecule has 2 aromatic rings. The number of hydrogen-bond acceptors (Lipinski definition) is 2. The second kappa shape index (κ2) is 7.50. The Labute approximate surface area is 156 Å². The van der Waals surface area contributed by atoms with E-state index in [-0.39, 0.29) is 0 Å². The molecule has 2 aliphatic rings. The van der Waals surface area contributed by atoms with Gasteiger partial charge in [-0.1, -0.05) is 30.3 Å². The fraction of sp³-hybridized carbons (Fsp3) is 0.409. The Bertz CT molecular complexity index is 812. The highest BCUT2D eigenvalue weighted by Gasteiger charge is 2.20. The lowest BCUT2D eigenvalue weighted by Gasteiger charge is -2.33. The highest BCUT2D eigenvalue weighted by atomic mass is 15.2. The summed E-state index contributed by atoms with van der Waals surface area (Å²) >= 11 is 0. The van der Waals surface area contributed by atoms with Crippen LogP contribution in [-0.4, -0.2) is 30.0 Å². The summed E-state index contributed by atoms with van der Waals surface area (Å²) in [6.45, 7) is 5.04. The van der Waals surface area contributed by atoms with Crippen molar-refractivity contribution in [2.24, 2.45) is 10.7 Å². The van der Waals surface area contributed by atoms with E-state index in [1.807, 2.05) is 0 Å². The minimum absolute atomic E-state index is 0.378. The van der Waals surface area contributed by atoms with Crippen LogP contribution in [0.4, 0.5) is 5.69 Å². The second-order valence-corrected chi connectivity index (χ2v) is 7.53. The molecular formula is C22H28N4. The van der Waals surface area contributed by atoms with Gasteiger partial charge in [-0.05, 0) is 67.0 Å². The van der Waals surface area contributed by atoms with Crippen molar-refractivity contribution in [3.63, 3.8) is 0 Å². The number of fused-ring (bicyclic) bond motifs is 2. The lowest BCUT2D eigenvalue weighted by Crippen LogP contribution is -2.39. The van der Waals surface area contributed by atoms with Crippen molar-refractivity contribution in [3.05, 3.63) is 64.7 Å². The zero-order valence-corrected chi connectivity index (χ0v) is 15.5. The zero-order valence-electron chi connectivity index (χ0n) is 15.5. The van der Waals surface area contributed by atoms with Crippen LogP contribution in [0.2, 0.25) is 0 Å². The standard InChI is InChI=1S/C22H28N4/c1-16(26-12-11-18-5-2-3-6-20(18)15-26)14-24-22(23)25-21-10-9-17-7-4-8-19(17)13-21/h2-3,5-6,9-10,13,16H,4,7-8,11-12,14-15H2,1H3,(H3,23,24,25). The first kappa shape index (κ1) is 17.1. The maximum atomic E-state index is 6.13. The van der Waals surface area contributed by atoms with Crippen LogP contribution in [0.3, 0.4) is 0 Å². The van der Waals surface area contributed by atoms with Crippen LogP contribution >= 0.6 is 0 Å². The van der Waals surface area contributed by atoms with E-state index in [2.05, 4.69) is 64.6 Å². The molecule has 0 bridgehead atoms. The average molecular weight is 348 g/mol. The molecule has 1 aliphatic heterocycles. The third-order valence-electron chi connectivity index (χ3n) is 5.68. The van der Waals surface area contributed by atoms with Gasteiger partial charge in [0.1, 0.15) is 0 Å². The number of anilines is 1. The maximum absolute atomic E-state index is 6.13. The Morgan fingerprint density at radius 3 is 2.73 bits per heavy atom. The number of nitrogens with one attached hydrogen (secondary N) is 1. The van der Waals surface area contributed by atoms with E-state index in [1.54, 1.807) is 0 Å². The number of aryl methyl sites for hydroxylation is 2. The van der Waals surface area contributed by atoms with Gasteiger partial charge < -0.3 is 11.1 Å². The first-order chi connectivity index (χ1) is 12.7. The van der Waals surface area contributed by atoms with Crippen LogP contribution in [0.1, 0.15) is 35.6 Å². The van der Waals surface area contributed by atoms with Gasteiger partial charge in [-0.3, -0.25) is 9.89 Å². The molecule has 2 aromatic carbocycles. The molecule has 0 amide bonds. The minimum atomic E-state index is 0.378. The summed E-state index contributed by atoms with van der Waals surface area (Å²) in [5, 5.41) is 3.25. The van der Waals surface area contributed by atoms with Crippen LogP contribution in [-0.2, 0) is 25.8 Å². The van der Waals surface area contributed by atoms with E-state index in [4.69, 9.17) is 5.73 Å². The molecule has 0 saturated heterocycles. The molecule has 0 saturated carbocycles. The Balaban J connectivity index is 1.34. The molecule has 26 heavy (non-hydrogen) atoms. The van der Waals surface area contributed by atoms with Gasteiger partial charge >= 0.3 is 0 Å². The maximum Gasteiger partial charge on any atom is 0.193 e. The summed E-state index contributed by atoms with van der Waals surface area (Å²) in [5.41, 5.74) is 13.0. The van der Waals surface area contributed by atoms with E-state index in [0.717, 1.165) is 25.2 Å². The molecule has 4 rings (SSSR count). The van der Waals surface area contributed by atoms with Crippen molar-refractivity contribution >= 4 is 11.6 Å². The molecule has 136 valence electrons. The summed E-state index contributed by atoms with van der Waals surface area (Å²) in [7, 11) is 0. The van der Waals surface area contributed by atoms with E-state index < -0.39 is 0 Å². The van der Waals surface area contributed by atoms with Gasteiger partial charge in [-0.15, -0.1) is 0 Å². The van der Waals surface area contributed by atoms with E-state index >= 15 is 0 Å². The van der Waals surface area contributed by atoms with E-state index in [1.165, 1.54) is 41.5 Å². The highest BCUT2D eigenvalue weighted by molar-refractivity contribution is 5.92. The van der Waals surface area contributed by atoms with Crippen LogP contribution in [0.15, 0.2) is 47.5 Å². The topological polar surface area (TPSA) is 53.6 Å². The molecule has 1 heterocycles. The van der Waals surface area contributed by atoms with Gasteiger partial charge in [0.2, 0.25) is 0 Å². The van der Waals surface area contributed by atoms with Crippen molar-refractivity contribution in [3.8, 4) is 0 Å². The average Bonchev–Trinajstić information content (AvgIpc) is 3.13. The first-order valence-electron chi connectivity index (χ1n) is 9.68. The summed E-state index contributed by atoms with van der Waals surface area (Å²) < 4.78 is 0. The molecule has 4 nitrogen and oxygen atoms in total. The first-order valence-corrected chi connectivity index (χ1v) is 9.68. The van der Waals surface area contributed by atoms with Gasteiger partial charge in [0, 0.05) is 24.8 Å². The van der Waals surface area contributed by atoms with Crippen molar-refractivity contribution in [1.29, 1.82) is 0 Å². The predicted octanol–water partition coefficient (Wildman–Crippen LogP) is 3.35. The lowest BCUT2D eigenvalue weighted by atomic mass is 9.99. The zero-order chi connectivity index (χ0) is 17.9. The number of rotatable bonds is 4. The van der Waals surface area contributed by atoms with Crippen molar-refractivity contribution in [2.45, 2.75) is 45.2 Å². The number of hydrogen-bond donors (Lipinski definition) is 2. The highest BCUT2D eigenvalue weighted by Crippen LogP contribution is 2.25. The smallest absolute Gasteiger partial charge is 0.193 e.